The highest BCUT2D eigenvalue weighted by Gasteiger charge is 2.09. The molecular weight excluding hydrogens is 226 g/mol. The molecule has 0 amide bonds. The summed E-state index contributed by atoms with van der Waals surface area (Å²) in [5.41, 5.74) is 2.29. The monoisotopic (exact) mass is 245 g/mol. The molecule has 0 spiro atoms. The quantitative estimate of drug-likeness (QED) is 0.880. The lowest BCUT2D eigenvalue weighted by Crippen LogP contribution is -2.09. The third kappa shape index (κ3) is 2.83. The van der Waals surface area contributed by atoms with Gasteiger partial charge in [-0.3, -0.25) is 4.68 Å². The maximum absolute atomic E-state index is 5.17. The highest BCUT2D eigenvalue weighted by atomic mass is 16.5. The van der Waals surface area contributed by atoms with Gasteiger partial charge in [-0.1, -0.05) is 19.1 Å². The van der Waals surface area contributed by atoms with Crippen LogP contribution in [0, 0.1) is 0 Å². The smallest absolute Gasteiger partial charge is 0.118 e. The summed E-state index contributed by atoms with van der Waals surface area (Å²) in [5.74, 6) is 0.884. The number of anilines is 1. The standard InChI is InChI=1S/C14H19N3O/c1-4-14(16-12-9-15-17(2)10-12)11-5-7-13(18-3)8-6-11/h5-10,14,16H,4H2,1-3H3. The summed E-state index contributed by atoms with van der Waals surface area (Å²) in [6.07, 6.45) is 4.83. The second-order valence-corrected chi connectivity index (χ2v) is 4.28. The van der Waals surface area contributed by atoms with Crippen LogP contribution in [-0.4, -0.2) is 16.9 Å². The van der Waals surface area contributed by atoms with E-state index in [0.29, 0.717) is 6.04 Å². The van der Waals surface area contributed by atoms with Crippen molar-refractivity contribution < 1.29 is 4.74 Å². The van der Waals surface area contributed by atoms with E-state index in [9.17, 15) is 0 Å². The summed E-state index contributed by atoms with van der Waals surface area (Å²) in [5, 5.41) is 7.64. The Bertz CT molecular complexity index is 490. The van der Waals surface area contributed by atoms with Gasteiger partial charge in [0.15, 0.2) is 0 Å². The number of rotatable bonds is 5. The Kier molecular flexibility index (Phi) is 3.87. The van der Waals surface area contributed by atoms with Crippen LogP contribution in [0.15, 0.2) is 36.7 Å². The molecule has 1 aromatic carbocycles. The van der Waals surface area contributed by atoms with Crippen LogP contribution in [0.3, 0.4) is 0 Å². The topological polar surface area (TPSA) is 39.1 Å². The van der Waals surface area contributed by atoms with Gasteiger partial charge < -0.3 is 10.1 Å². The van der Waals surface area contributed by atoms with Crippen LogP contribution in [0.2, 0.25) is 0 Å². The number of aromatic nitrogens is 2. The third-order valence-corrected chi connectivity index (χ3v) is 2.97. The Hall–Kier alpha value is -1.97. The van der Waals surface area contributed by atoms with Gasteiger partial charge in [0.05, 0.1) is 25.0 Å². The Morgan fingerprint density at radius 1 is 1.33 bits per heavy atom. The molecule has 1 unspecified atom stereocenters. The molecule has 4 nitrogen and oxygen atoms in total. The van der Waals surface area contributed by atoms with E-state index in [1.54, 1.807) is 11.8 Å². The van der Waals surface area contributed by atoms with E-state index < -0.39 is 0 Å². The highest BCUT2D eigenvalue weighted by Crippen LogP contribution is 2.24. The average molecular weight is 245 g/mol. The number of benzene rings is 1. The predicted octanol–water partition coefficient (Wildman–Crippen LogP) is 2.99. The van der Waals surface area contributed by atoms with E-state index >= 15 is 0 Å². The fourth-order valence-corrected chi connectivity index (χ4v) is 1.95. The number of hydrogen-bond donors (Lipinski definition) is 1. The number of ether oxygens (including phenoxy) is 1. The van der Waals surface area contributed by atoms with E-state index in [1.165, 1.54) is 5.56 Å². The van der Waals surface area contributed by atoms with Gasteiger partial charge in [-0.2, -0.15) is 5.10 Å². The van der Waals surface area contributed by atoms with Crippen molar-refractivity contribution >= 4 is 5.69 Å². The predicted molar refractivity (Wildman–Crippen MR) is 72.9 cm³/mol. The first-order valence-corrected chi connectivity index (χ1v) is 6.12. The molecule has 0 fully saturated rings. The first kappa shape index (κ1) is 12.5. The molecular formula is C14H19N3O. The summed E-state index contributed by atoms with van der Waals surface area (Å²) in [4.78, 5) is 0. The van der Waals surface area contributed by atoms with Crippen molar-refractivity contribution in [1.29, 1.82) is 0 Å². The van der Waals surface area contributed by atoms with Gasteiger partial charge in [-0.05, 0) is 24.1 Å². The van der Waals surface area contributed by atoms with Crippen molar-refractivity contribution in [2.45, 2.75) is 19.4 Å². The maximum Gasteiger partial charge on any atom is 0.118 e. The number of nitrogens with zero attached hydrogens (tertiary/aromatic N) is 2. The van der Waals surface area contributed by atoms with Crippen LogP contribution in [0.4, 0.5) is 5.69 Å². The molecule has 0 aliphatic carbocycles. The zero-order valence-electron chi connectivity index (χ0n) is 11.1. The first-order chi connectivity index (χ1) is 8.72. The lowest BCUT2D eigenvalue weighted by molar-refractivity contribution is 0.414. The Balaban J connectivity index is 2.12. The van der Waals surface area contributed by atoms with Gasteiger partial charge in [0.2, 0.25) is 0 Å². The summed E-state index contributed by atoms with van der Waals surface area (Å²) < 4.78 is 6.97. The fourth-order valence-electron chi connectivity index (χ4n) is 1.95. The number of methoxy groups -OCH3 is 1. The lowest BCUT2D eigenvalue weighted by atomic mass is 10.0. The largest absolute Gasteiger partial charge is 0.497 e. The Morgan fingerprint density at radius 2 is 2.06 bits per heavy atom. The summed E-state index contributed by atoms with van der Waals surface area (Å²) in [6.45, 7) is 2.16. The zero-order valence-corrected chi connectivity index (χ0v) is 11.1. The molecule has 0 bridgehead atoms. The Labute approximate surface area is 108 Å². The minimum Gasteiger partial charge on any atom is -0.497 e. The van der Waals surface area contributed by atoms with Crippen LogP contribution in [0.1, 0.15) is 24.9 Å². The first-order valence-electron chi connectivity index (χ1n) is 6.12. The lowest BCUT2D eigenvalue weighted by Gasteiger charge is -2.17. The van der Waals surface area contributed by atoms with E-state index in [0.717, 1.165) is 17.9 Å². The second-order valence-electron chi connectivity index (χ2n) is 4.28. The average Bonchev–Trinajstić information content (AvgIpc) is 2.82. The van der Waals surface area contributed by atoms with Crippen molar-refractivity contribution in [3.63, 3.8) is 0 Å². The van der Waals surface area contributed by atoms with Gasteiger partial charge in [-0.25, -0.2) is 0 Å². The molecule has 1 heterocycles. The number of nitrogens with one attached hydrogen (secondary N) is 1. The van der Waals surface area contributed by atoms with Gasteiger partial charge in [0.25, 0.3) is 0 Å². The van der Waals surface area contributed by atoms with Gasteiger partial charge >= 0.3 is 0 Å². The Morgan fingerprint density at radius 3 is 2.56 bits per heavy atom. The van der Waals surface area contributed by atoms with Gasteiger partial charge in [-0.15, -0.1) is 0 Å². The molecule has 96 valence electrons. The third-order valence-electron chi connectivity index (χ3n) is 2.97. The summed E-state index contributed by atoms with van der Waals surface area (Å²) in [7, 11) is 3.60. The van der Waals surface area contributed by atoms with E-state index in [2.05, 4.69) is 29.5 Å². The molecule has 2 aromatic rings. The molecule has 0 aliphatic heterocycles. The van der Waals surface area contributed by atoms with Crippen molar-refractivity contribution in [3.05, 3.63) is 42.2 Å². The van der Waals surface area contributed by atoms with E-state index in [4.69, 9.17) is 4.74 Å². The molecule has 1 aromatic heterocycles. The molecule has 4 heteroatoms. The molecule has 18 heavy (non-hydrogen) atoms. The van der Waals surface area contributed by atoms with Crippen molar-refractivity contribution in [2.24, 2.45) is 7.05 Å². The van der Waals surface area contributed by atoms with Crippen molar-refractivity contribution in [2.75, 3.05) is 12.4 Å². The van der Waals surface area contributed by atoms with Crippen LogP contribution in [-0.2, 0) is 7.05 Å². The van der Waals surface area contributed by atoms with Crippen LogP contribution >= 0.6 is 0 Å². The van der Waals surface area contributed by atoms with Crippen LogP contribution in [0.25, 0.3) is 0 Å². The zero-order chi connectivity index (χ0) is 13.0. The second kappa shape index (κ2) is 5.58. The fraction of sp³-hybridized carbons (Fsp3) is 0.357. The molecule has 1 N–H and O–H groups in total. The van der Waals surface area contributed by atoms with Gasteiger partial charge in [0.1, 0.15) is 5.75 Å². The molecule has 0 radical (unpaired) electrons. The maximum atomic E-state index is 5.17. The van der Waals surface area contributed by atoms with Crippen LogP contribution in [0.5, 0.6) is 5.75 Å². The molecule has 0 saturated heterocycles. The number of hydrogen-bond acceptors (Lipinski definition) is 3. The number of aryl methyl sites for hydroxylation is 1. The van der Waals surface area contributed by atoms with Crippen molar-refractivity contribution in [3.8, 4) is 5.75 Å². The molecule has 0 saturated carbocycles. The molecule has 1 atom stereocenters. The van der Waals surface area contributed by atoms with Gasteiger partial charge in [0, 0.05) is 13.2 Å². The van der Waals surface area contributed by atoms with Crippen LogP contribution < -0.4 is 10.1 Å². The summed E-state index contributed by atoms with van der Waals surface area (Å²) >= 11 is 0. The SMILES string of the molecule is CCC(Nc1cnn(C)c1)c1ccc(OC)cc1. The molecule has 2 rings (SSSR count). The minimum atomic E-state index is 0.292. The van der Waals surface area contributed by atoms with E-state index in [-0.39, 0.29) is 0 Å². The normalized spacial score (nSPS) is 12.2. The van der Waals surface area contributed by atoms with Crippen molar-refractivity contribution in [1.82, 2.24) is 9.78 Å². The van der Waals surface area contributed by atoms with E-state index in [1.807, 2.05) is 31.6 Å². The highest BCUT2D eigenvalue weighted by molar-refractivity contribution is 5.42. The summed E-state index contributed by atoms with van der Waals surface area (Å²) in [6, 6.07) is 8.46. The minimum absolute atomic E-state index is 0.292. The molecule has 0 aliphatic rings.